The quantitative estimate of drug-likeness (QED) is 0.0371. The maximum Gasteiger partial charge on any atom is 0.412 e. The summed E-state index contributed by atoms with van der Waals surface area (Å²) >= 11 is 1.43. The number of nitrogens with one attached hydrogen (secondary N) is 6. The van der Waals surface area contributed by atoms with Crippen molar-refractivity contribution in [3.05, 3.63) is 168 Å². The summed E-state index contributed by atoms with van der Waals surface area (Å²) in [5.41, 5.74) is 8.15. The summed E-state index contributed by atoms with van der Waals surface area (Å²) < 4.78 is 15.4. The lowest BCUT2D eigenvalue weighted by atomic mass is 9.84. The number of rotatable bonds is 21. The van der Waals surface area contributed by atoms with E-state index in [-0.39, 0.29) is 30.9 Å². The second kappa shape index (κ2) is 25.8. The number of thioether (sulfide) groups is 1. The third-order valence-corrected chi connectivity index (χ3v) is 12.1. The zero-order valence-corrected chi connectivity index (χ0v) is 42.0. The molecule has 0 bridgehead atoms. The van der Waals surface area contributed by atoms with Crippen LogP contribution in [0.15, 0.2) is 146 Å². The summed E-state index contributed by atoms with van der Waals surface area (Å²) in [6.45, 7) is 9.32. The number of ether oxygens (including phenoxy) is 3. The monoisotopic (exact) mass is 1000 g/mol. The van der Waals surface area contributed by atoms with Gasteiger partial charge in [-0.2, -0.15) is 0 Å². The van der Waals surface area contributed by atoms with E-state index in [9.17, 15) is 33.6 Å². The van der Waals surface area contributed by atoms with Crippen LogP contribution in [-0.4, -0.2) is 90.1 Å². The molecule has 0 aliphatic heterocycles. The van der Waals surface area contributed by atoms with E-state index < -0.39 is 82.5 Å². The fourth-order valence-electron chi connectivity index (χ4n) is 7.23. The molecule has 5 rings (SSSR count). The van der Waals surface area contributed by atoms with Crippen molar-refractivity contribution in [2.45, 2.75) is 88.5 Å². The maximum atomic E-state index is 13.6. The first-order valence-electron chi connectivity index (χ1n) is 23.3. The Balaban J connectivity index is 1.19. The van der Waals surface area contributed by atoms with E-state index in [1.807, 2.05) is 97.1 Å². The Morgan fingerprint density at radius 1 is 0.542 bits per heavy atom. The van der Waals surface area contributed by atoms with Gasteiger partial charge in [-0.1, -0.05) is 121 Å². The van der Waals surface area contributed by atoms with Crippen molar-refractivity contribution in [3.8, 4) is 5.75 Å². The van der Waals surface area contributed by atoms with Crippen molar-refractivity contribution in [2.75, 3.05) is 24.2 Å². The highest BCUT2D eigenvalue weighted by molar-refractivity contribution is 8.00. The molecule has 18 heteroatoms. The molecule has 3 atom stereocenters. The van der Waals surface area contributed by atoms with Gasteiger partial charge in [0.15, 0.2) is 0 Å². The fourth-order valence-corrected chi connectivity index (χ4v) is 8.80. The number of anilines is 1. The maximum absolute atomic E-state index is 13.6. The normalized spacial score (nSPS) is 12.6. The molecule has 72 heavy (non-hydrogen) atoms. The second-order valence-corrected chi connectivity index (χ2v) is 19.8. The predicted molar refractivity (Wildman–Crippen MR) is 276 cm³/mol. The number of hydrogen-bond donors (Lipinski definition) is 7. The molecule has 0 radical (unpaired) electrons. The van der Waals surface area contributed by atoms with Crippen molar-refractivity contribution in [3.63, 3.8) is 0 Å². The van der Waals surface area contributed by atoms with Gasteiger partial charge in [-0.05, 0) is 94.5 Å². The Hall–Kier alpha value is -7.86. The number of primary amides is 1. The minimum atomic E-state index is -1.29. The van der Waals surface area contributed by atoms with E-state index in [1.54, 1.807) is 77.9 Å². The average Bonchev–Trinajstić information content (AvgIpc) is 3.33. The van der Waals surface area contributed by atoms with Gasteiger partial charge in [-0.15, -0.1) is 11.8 Å². The molecule has 0 saturated carbocycles. The van der Waals surface area contributed by atoms with Crippen LogP contribution in [-0.2, 0) is 39.8 Å². The molecule has 7 amide bonds. The number of alkyl carbamates (subject to hydrolysis) is 2. The first kappa shape index (κ1) is 55.1. The fraction of sp³-hybridized carbons (Fsp3) is 0.315. The lowest BCUT2D eigenvalue weighted by Crippen LogP contribution is -2.53. The number of hydrogen-bond acceptors (Lipinski definition) is 11. The van der Waals surface area contributed by atoms with Crippen molar-refractivity contribution in [2.24, 2.45) is 5.73 Å². The van der Waals surface area contributed by atoms with Gasteiger partial charge >= 0.3 is 18.3 Å². The Kier molecular flexibility index (Phi) is 19.8. The third-order valence-electron chi connectivity index (χ3n) is 10.4. The molecule has 5 aromatic carbocycles. The number of carbonyl (C=O) groups excluding carboxylic acids is 7. The van der Waals surface area contributed by atoms with Gasteiger partial charge in [0, 0.05) is 24.4 Å². The van der Waals surface area contributed by atoms with E-state index in [4.69, 9.17) is 19.9 Å². The van der Waals surface area contributed by atoms with Crippen LogP contribution < -0.4 is 42.4 Å². The summed E-state index contributed by atoms with van der Waals surface area (Å²) in [6.07, 6.45) is -2.65. The van der Waals surface area contributed by atoms with Crippen LogP contribution in [0.2, 0.25) is 0 Å². The van der Waals surface area contributed by atoms with E-state index in [0.717, 1.165) is 16.7 Å². The lowest BCUT2D eigenvalue weighted by Gasteiger charge is -2.36. The first-order valence-corrected chi connectivity index (χ1v) is 24.3. The van der Waals surface area contributed by atoms with Gasteiger partial charge in [0.1, 0.15) is 35.1 Å². The van der Waals surface area contributed by atoms with Gasteiger partial charge in [0.05, 0.1) is 11.3 Å². The largest absolute Gasteiger partial charge is 0.444 e. The first-order chi connectivity index (χ1) is 34.2. The third kappa shape index (κ3) is 17.5. The molecule has 17 nitrogen and oxygen atoms in total. The van der Waals surface area contributed by atoms with Crippen molar-refractivity contribution >= 4 is 59.4 Å². The number of nitrogens with two attached hydrogens (primary N) is 1. The van der Waals surface area contributed by atoms with Crippen LogP contribution in [0.3, 0.4) is 0 Å². The summed E-state index contributed by atoms with van der Waals surface area (Å²) in [7, 11) is 0. The summed E-state index contributed by atoms with van der Waals surface area (Å²) in [6, 6.07) is 41.0. The highest BCUT2D eigenvalue weighted by atomic mass is 32.2. The van der Waals surface area contributed by atoms with Gasteiger partial charge in [-0.3, -0.25) is 19.2 Å². The van der Waals surface area contributed by atoms with Gasteiger partial charge in [0.2, 0.25) is 23.6 Å². The molecule has 0 aliphatic rings. The average molecular weight is 1000 g/mol. The van der Waals surface area contributed by atoms with E-state index in [1.165, 1.54) is 23.9 Å². The molecular formula is C54H63N7O10S. The molecule has 0 heterocycles. The Labute approximate surface area is 424 Å². The second-order valence-electron chi connectivity index (χ2n) is 18.5. The molecule has 0 saturated heterocycles. The minimum absolute atomic E-state index is 0.0597. The minimum Gasteiger partial charge on any atom is -0.444 e. The lowest BCUT2D eigenvalue weighted by molar-refractivity contribution is -0.129. The van der Waals surface area contributed by atoms with Gasteiger partial charge in [-0.25, -0.2) is 14.4 Å². The van der Waals surface area contributed by atoms with E-state index >= 15 is 0 Å². The SMILES string of the molecule is CC(C)(C)OC(=O)N[C@@H](CCNC(=O)Oc1ccc(C[C@H](NC(=O)OC(C)(C)C)C(=O)Nc2ccccc2)cc1)C(=O)NCC(=O)N[C@@H](CSC(c1ccccc1)(c1ccccc1)c1ccccc1)C(N)=O. The van der Waals surface area contributed by atoms with Crippen LogP contribution in [0.25, 0.3) is 0 Å². The number of carbonyl (C=O) groups is 7. The Morgan fingerprint density at radius 2 is 1.01 bits per heavy atom. The molecule has 0 fully saturated rings. The van der Waals surface area contributed by atoms with E-state index in [0.29, 0.717) is 11.3 Å². The molecule has 0 aromatic heterocycles. The smallest absolute Gasteiger partial charge is 0.412 e. The molecule has 5 aromatic rings. The van der Waals surface area contributed by atoms with Crippen molar-refractivity contribution in [1.29, 1.82) is 0 Å². The highest BCUT2D eigenvalue weighted by Crippen LogP contribution is 2.48. The standard InChI is InChI=1S/C54H63N7O10S/c1-52(2,3)70-50(67)60-42(31-32-56-49(66)69-41-29-27-36(28-30-41)33-43(61-51(68)71-53(4,5)6)48(65)58-40-25-17-10-18-26-40)47(64)57-34-45(62)59-44(46(55)63)35-72-54(37-19-11-7-12-20-37,38-21-13-8-14-22-38)39-23-15-9-16-24-39/h7-30,42-44H,31-35H2,1-6H3,(H2,55,63)(H,56,66)(H,57,64)(H,58,65)(H,59,62)(H,60,67)(H,61,68)/t42-,43-,44-/m0/s1. The molecular weight excluding hydrogens is 939 g/mol. The van der Waals surface area contributed by atoms with Crippen LogP contribution in [0, 0.1) is 0 Å². The number of amides is 7. The zero-order valence-electron chi connectivity index (χ0n) is 41.2. The Bertz CT molecular complexity index is 2500. The van der Waals surface area contributed by atoms with Gasteiger partial charge < -0.3 is 51.8 Å². The van der Waals surface area contributed by atoms with Crippen molar-refractivity contribution < 1.29 is 47.8 Å². The highest BCUT2D eigenvalue weighted by Gasteiger charge is 2.38. The van der Waals surface area contributed by atoms with Crippen LogP contribution in [0.5, 0.6) is 5.75 Å². The van der Waals surface area contributed by atoms with Gasteiger partial charge in [0.25, 0.3) is 0 Å². The summed E-state index contributed by atoms with van der Waals surface area (Å²) in [5, 5.41) is 15.6. The predicted octanol–water partition coefficient (Wildman–Crippen LogP) is 6.94. The molecule has 0 spiro atoms. The molecule has 0 unspecified atom stereocenters. The topological polar surface area (TPSA) is 245 Å². The van der Waals surface area contributed by atoms with Crippen molar-refractivity contribution in [1.82, 2.24) is 26.6 Å². The number of benzene rings is 5. The summed E-state index contributed by atoms with van der Waals surface area (Å²) in [4.78, 5) is 91.6. The molecule has 0 aliphatic carbocycles. The Morgan fingerprint density at radius 3 is 1.49 bits per heavy atom. The molecule has 8 N–H and O–H groups in total. The van der Waals surface area contributed by atoms with Crippen LogP contribution >= 0.6 is 11.8 Å². The van der Waals surface area contributed by atoms with Crippen LogP contribution in [0.4, 0.5) is 20.1 Å². The zero-order chi connectivity index (χ0) is 52.3. The van der Waals surface area contributed by atoms with Crippen LogP contribution in [0.1, 0.15) is 70.2 Å². The molecule has 380 valence electrons. The number of para-hydroxylation sites is 1. The van der Waals surface area contributed by atoms with E-state index in [2.05, 4.69) is 31.9 Å². The summed E-state index contributed by atoms with van der Waals surface area (Å²) in [5.74, 6) is -2.55.